The van der Waals surface area contributed by atoms with Crippen LogP contribution < -0.4 is 0 Å². The van der Waals surface area contributed by atoms with Crippen LogP contribution in [0.15, 0.2) is 24.3 Å². The Hall–Kier alpha value is -2.46. The van der Waals surface area contributed by atoms with Crippen molar-refractivity contribution in [3.05, 3.63) is 24.3 Å². The molecule has 0 aromatic carbocycles. The monoisotopic (exact) mass is 1490 g/mol. The van der Waals surface area contributed by atoms with Crippen LogP contribution in [0.5, 0.6) is 0 Å². The van der Waals surface area contributed by atoms with E-state index in [1.165, 1.54) is 238 Å². The molecule has 0 saturated heterocycles. The zero-order valence-corrected chi connectivity index (χ0v) is 67.9. The fraction of sp³-hybridized carbons (Fsp3) is 0.904. The van der Waals surface area contributed by atoms with Crippen molar-refractivity contribution in [1.82, 2.24) is 0 Å². The Morgan fingerprint density at radius 2 is 0.471 bits per heavy atom. The number of carbonyl (C=O) groups excluding carboxylic acids is 4. The van der Waals surface area contributed by atoms with Gasteiger partial charge in [0.2, 0.25) is 0 Å². The molecule has 17 nitrogen and oxygen atoms in total. The molecule has 0 bridgehead atoms. The molecular formula is C83H158O17P2. The van der Waals surface area contributed by atoms with Gasteiger partial charge in [0.25, 0.3) is 0 Å². The van der Waals surface area contributed by atoms with Gasteiger partial charge < -0.3 is 33.8 Å². The normalized spacial score (nSPS) is 13.9. The van der Waals surface area contributed by atoms with Gasteiger partial charge in [-0.05, 0) is 51.4 Å². The molecule has 0 heterocycles. The third-order valence-electron chi connectivity index (χ3n) is 19.0. The summed E-state index contributed by atoms with van der Waals surface area (Å²) >= 11 is 0. The lowest BCUT2D eigenvalue weighted by molar-refractivity contribution is -0.161. The summed E-state index contributed by atoms with van der Waals surface area (Å²) in [6, 6.07) is 0. The number of phosphoric ester groups is 2. The average Bonchev–Trinajstić information content (AvgIpc) is 0.972. The summed E-state index contributed by atoms with van der Waals surface area (Å²) in [5, 5.41) is 10.7. The van der Waals surface area contributed by atoms with Gasteiger partial charge >= 0.3 is 39.5 Å². The number of phosphoric acid groups is 2. The Labute approximate surface area is 624 Å². The van der Waals surface area contributed by atoms with E-state index in [0.29, 0.717) is 25.7 Å². The van der Waals surface area contributed by atoms with Crippen molar-refractivity contribution in [2.24, 2.45) is 0 Å². The number of unbranched alkanes of at least 4 members (excludes halogenated alkanes) is 53. The van der Waals surface area contributed by atoms with Crippen molar-refractivity contribution >= 4 is 39.5 Å². The van der Waals surface area contributed by atoms with Crippen LogP contribution in [0.4, 0.5) is 0 Å². The van der Waals surface area contributed by atoms with Crippen LogP contribution in [0.2, 0.25) is 0 Å². The Morgan fingerprint density at radius 3 is 0.716 bits per heavy atom. The third kappa shape index (κ3) is 75.8. The Balaban J connectivity index is 5.28. The van der Waals surface area contributed by atoms with Gasteiger partial charge in [-0.1, -0.05) is 373 Å². The van der Waals surface area contributed by atoms with E-state index in [1.807, 2.05) is 0 Å². The number of allylic oxidation sites excluding steroid dienone is 4. The summed E-state index contributed by atoms with van der Waals surface area (Å²) in [7, 11) is -9.93. The predicted molar refractivity (Wildman–Crippen MR) is 418 cm³/mol. The highest BCUT2D eigenvalue weighted by atomic mass is 31.2. The number of hydrogen-bond acceptors (Lipinski definition) is 15. The molecule has 5 atom stereocenters. The van der Waals surface area contributed by atoms with Gasteiger partial charge in [0.1, 0.15) is 19.3 Å². The summed E-state index contributed by atoms with van der Waals surface area (Å²) in [5.41, 5.74) is 0. The summed E-state index contributed by atoms with van der Waals surface area (Å²) in [5.74, 6) is -2.13. The molecule has 0 amide bonds. The predicted octanol–water partition coefficient (Wildman–Crippen LogP) is 24.9. The van der Waals surface area contributed by atoms with Crippen molar-refractivity contribution < 1.29 is 80.2 Å². The van der Waals surface area contributed by atoms with Gasteiger partial charge in [-0.2, -0.15) is 0 Å². The molecule has 102 heavy (non-hydrogen) atoms. The molecule has 0 fully saturated rings. The van der Waals surface area contributed by atoms with Crippen LogP contribution in [0, 0.1) is 0 Å². The molecule has 0 saturated carbocycles. The van der Waals surface area contributed by atoms with Crippen LogP contribution in [0.25, 0.3) is 0 Å². The summed E-state index contributed by atoms with van der Waals surface area (Å²) < 4.78 is 68.8. The summed E-state index contributed by atoms with van der Waals surface area (Å²) in [6.45, 7) is 4.98. The minimum Gasteiger partial charge on any atom is -0.462 e. The second kappa shape index (κ2) is 76.7. The first kappa shape index (κ1) is 99.5. The maximum Gasteiger partial charge on any atom is 0.472 e. The van der Waals surface area contributed by atoms with E-state index in [9.17, 15) is 43.2 Å². The van der Waals surface area contributed by atoms with E-state index >= 15 is 0 Å². The lowest BCUT2D eigenvalue weighted by atomic mass is 10.0. The molecule has 0 rings (SSSR count). The third-order valence-corrected chi connectivity index (χ3v) is 20.9. The smallest absolute Gasteiger partial charge is 0.462 e. The van der Waals surface area contributed by atoms with E-state index in [-0.39, 0.29) is 25.7 Å². The van der Waals surface area contributed by atoms with Gasteiger partial charge in [0, 0.05) is 25.7 Å². The Kier molecular flexibility index (Phi) is 74.9. The van der Waals surface area contributed by atoms with Crippen molar-refractivity contribution in [2.75, 3.05) is 39.6 Å². The first-order chi connectivity index (χ1) is 49.7. The molecule has 0 spiro atoms. The van der Waals surface area contributed by atoms with E-state index in [1.54, 1.807) is 0 Å². The first-order valence-corrected chi connectivity index (χ1v) is 45.6. The molecule has 602 valence electrons. The number of esters is 4. The molecule has 0 aromatic rings. The number of hydrogen-bond donors (Lipinski definition) is 3. The first-order valence-electron chi connectivity index (χ1n) is 42.6. The number of aliphatic hydroxyl groups excluding tert-OH is 1. The number of rotatable bonds is 82. The lowest BCUT2D eigenvalue weighted by Gasteiger charge is -2.21. The topological polar surface area (TPSA) is 237 Å². The van der Waals surface area contributed by atoms with Crippen LogP contribution in [0.1, 0.15) is 426 Å². The molecule has 0 radical (unpaired) electrons. The molecular weight excluding hydrogens is 1330 g/mol. The Bertz CT molecular complexity index is 2020. The number of ether oxygens (including phenoxy) is 4. The molecule has 2 unspecified atom stereocenters. The van der Waals surface area contributed by atoms with Gasteiger partial charge in [-0.15, -0.1) is 0 Å². The SMILES string of the molecule is CCCCCC/C=C\C=C/CCCCCCCC(=O)OC[C@H](COP(=O)(O)OC[C@@H](O)COP(=O)(O)OC[C@@H](COC(=O)CCCCCCCCCCCCCCC)OC(=O)CCCCCCCCCCCCCCCC)OC(=O)CCCCCCCCCCCCCCCCCCCCCC. The van der Waals surface area contributed by atoms with Gasteiger partial charge in [-0.3, -0.25) is 37.3 Å². The average molecular weight is 1490 g/mol. The zero-order valence-electron chi connectivity index (χ0n) is 66.1. The van der Waals surface area contributed by atoms with Crippen molar-refractivity contribution in [1.29, 1.82) is 0 Å². The van der Waals surface area contributed by atoms with E-state index < -0.39 is 97.5 Å². The van der Waals surface area contributed by atoms with Crippen LogP contribution in [-0.4, -0.2) is 96.7 Å². The minimum atomic E-state index is -4.97. The molecule has 0 aliphatic carbocycles. The second-order valence-electron chi connectivity index (χ2n) is 29.2. The highest BCUT2D eigenvalue weighted by Gasteiger charge is 2.30. The Morgan fingerprint density at radius 1 is 0.275 bits per heavy atom. The minimum absolute atomic E-state index is 0.102. The van der Waals surface area contributed by atoms with Gasteiger partial charge in [-0.25, -0.2) is 9.13 Å². The van der Waals surface area contributed by atoms with Crippen molar-refractivity contribution in [2.45, 2.75) is 444 Å². The standard InChI is InChI=1S/C83H158O17P2/c1-5-9-13-17-21-25-29-33-36-37-38-39-40-42-46-50-54-58-62-66-70-83(88)100-79(74-94-81(86)68-64-60-56-52-48-45-41-34-30-26-22-18-14-10-6-2)76-98-102(91,92)96-72-77(84)71-95-101(89,90)97-75-78(73-93-80(85)67-63-59-55-51-47-43-32-28-24-20-16-12-8-4)99-82(87)69-65-61-57-53-49-44-35-31-27-23-19-15-11-7-3/h26,30,34,41,77-79,84H,5-25,27-29,31-33,35-40,42-76H2,1-4H3,(H,89,90)(H,91,92)/b30-26-,41-34-/t77-,78+,79+/m0/s1. The maximum atomic E-state index is 13.1. The quantitative estimate of drug-likeness (QED) is 0.0169. The summed E-state index contributed by atoms with van der Waals surface area (Å²) in [6.07, 6.45) is 72.8. The highest BCUT2D eigenvalue weighted by molar-refractivity contribution is 7.47. The van der Waals surface area contributed by atoms with Gasteiger partial charge in [0.05, 0.1) is 26.4 Å². The second-order valence-corrected chi connectivity index (χ2v) is 32.1. The van der Waals surface area contributed by atoms with E-state index in [0.717, 1.165) is 109 Å². The molecule has 0 aliphatic rings. The van der Waals surface area contributed by atoms with Crippen molar-refractivity contribution in [3.63, 3.8) is 0 Å². The molecule has 0 aliphatic heterocycles. The number of aliphatic hydroxyl groups is 1. The van der Waals surface area contributed by atoms with Gasteiger partial charge in [0.15, 0.2) is 12.2 Å². The lowest BCUT2D eigenvalue weighted by Crippen LogP contribution is -2.30. The molecule has 19 heteroatoms. The highest BCUT2D eigenvalue weighted by Crippen LogP contribution is 2.45. The van der Waals surface area contributed by atoms with E-state index in [4.69, 9.17) is 37.0 Å². The molecule has 0 aromatic heterocycles. The summed E-state index contributed by atoms with van der Waals surface area (Å²) in [4.78, 5) is 73.1. The fourth-order valence-electron chi connectivity index (χ4n) is 12.5. The van der Waals surface area contributed by atoms with Crippen LogP contribution in [0.3, 0.4) is 0 Å². The van der Waals surface area contributed by atoms with Crippen molar-refractivity contribution in [3.8, 4) is 0 Å². The largest absolute Gasteiger partial charge is 0.472 e. The van der Waals surface area contributed by atoms with Crippen LogP contribution >= 0.6 is 15.6 Å². The zero-order chi connectivity index (χ0) is 74.6. The van der Waals surface area contributed by atoms with Crippen LogP contribution in [-0.2, 0) is 65.4 Å². The maximum absolute atomic E-state index is 13.1. The fourth-order valence-corrected chi connectivity index (χ4v) is 14.0. The number of carbonyl (C=O) groups is 4. The molecule has 3 N–H and O–H groups in total. The van der Waals surface area contributed by atoms with E-state index in [2.05, 4.69) is 52.0 Å².